The van der Waals surface area contributed by atoms with Gasteiger partial charge in [0.1, 0.15) is 4.32 Å². The average molecular weight is 444 g/mol. The van der Waals surface area contributed by atoms with Gasteiger partial charge in [-0.05, 0) is 30.5 Å². The SMILES string of the molecule is CC(C)[C@H]1CSC(=S)N1C(=O)[C@H](C)[C@@H]1C=CC[C@@H](CO[Si](C)(C)C(C)(C)C)O1. The number of hydrogen-bond acceptors (Lipinski definition) is 5. The van der Waals surface area contributed by atoms with Crippen molar-refractivity contribution in [3.63, 3.8) is 0 Å². The lowest BCUT2D eigenvalue weighted by atomic mass is 9.97. The maximum atomic E-state index is 13.2. The molecule has 2 aliphatic rings. The maximum absolute atomic E-state index is 13.2. The van der Waals surface area contributed by atoms with Crippen molar-refractivity contribution in [1.29, 1.82) is 0 Å². The quantitative estimate of drug-likeness (QED) is 0.319. The molecule has 4 nitrogen and oxygen atoms in total. The number of hydrogen-bond donors (Lipinski definition) is 0. The van der Waals surface area contributed by atoms with Crippen LogP contribution in [0.3, 0.4) is 0 Å². The Morgan fingerprint density at radius 2 is 2.04 bits per heavy atom. The molecule has 2 heterocycles. The summed E-state index contributed by atoms with van der Waals surface area (Å²) in [6.07, 6.45) is 4.77. The van der Waals surface area contributed by atoms with E-state index in [1.807, 2.05) is 17.9 Å². The van der Waals surface area contributed by atoms with Crippen LogP contribution in [0, 0.1) is 11.8 Å². The number of thiocarbonyl (C=S) groups is 1. The zero-order valence-electron chi connectivity index (χ0n) is 18.7. The number of amides is 1. The van der Waals surface area contributed by atoms with Crippen molar-refractivity contribution in [2.75, 3.05) is 12.4 Å². The van der Waals surface area contributed by atoms with E-state index < -0.39 is 8.32 Å². The zero-order chi connectivity index (χ0) is 21.3. The van der Waals surface area contributed by atoms with E-state index >= 15 is 0 Å². The molecule has 2 rings (SSSR count). The van der Waals surface area contributed by atoms with Crippen LogP contribution in [-0.4, -0.2) is 54.1 Å². The minimum Gasteiger partial charge on any atom is -0.414 e. The van der Waals surface area contributed by atoms with Crippen LogP contribution in [0.1, 0.15) is 48.0 Å². The van der Waals surface area contributed by atoms with Gasteiger partial charge in [-0.2, -0.15) is 0 Å². The predicted molar refractivity (Wildman–Crippen MR) is 125 cm³/mol. The molecule has 0 unspecified atom stereocenters. The van der Waals surface area contributed by atoms with Gasteiger partial charge in [0.2, 0.25) is 5.91 Å². The number of carbonyl (C=O) groups is 1. The summed E-state index contributed by atoms with van der Waals surface area (Å²) in [6.45, 7) is 18.1. The minimum absolute atomic E-state index is 0.000162. The summed E-state index contributed by atoms with van der Waals surface area (Å²) in [4.78, 5) is 15.0. The third kappa shape index (κ3) is 5.48. The second-order valence-electron chi connectivity index (χ2n) is 9.84. The van der Waals surface area contributed by atoms with Crippen LogP contribution in [0.25, 0.3) is 0 Å². The van der Waals surface area contributed by atoms with Crippen LogP contribution in [0.4, 0.5) is 0 Å². The standard InChI is InChI=1S/C21H37NO3S2Si/c1-14(2)17-13-27-20(26)22(17)19(23)15(3)18-11-9-10-16(25-18)12-24-28(7,8)21(4,5)6/h9,11,14-18H,10,12-13H2,1-8H3/t15-,16+,17-,18+/m1/s1. The topological polar surface area (TPSA) is 38.8 Å². The van der Waals surface area contributed by atoms with E-state index in [1.165, 1.54) is 0 Å². The molecule has 0 aromatic rings. The lowest BCUT2D eigenvalue weighted by Crippen LogP contribution is -2.48. The molecule has 0 radical (unpaired) electrons. The van der Waals surface area contributed by atoms with Gasteiger partial charge < -0.3 is 9.16 Å². The molecule has 0 saturated carbocycles. The van der Waals surface area contributed by atoms with Crippen molar-refractivity contribution in [2.45, 2.75) is 84.3 Å². The Balaban J connectivity index is 2.00. The first-order chi connectivity index (χ1) is 12.8. The molecule has 0 aromatic carbocycles. The first kappa shape index (κ1) is 24.1. The second kappa shape index (κ2) is 9.29. The molecule has 0 bridgehead atoms. The van der Waals surface area contributed by atoms with Gasteiger partial charge in [0.15, 0.2) is 8.32 Å². The maximum Gasteiger partial charge on any atom is 0.234 e. The summed E-state index contributed by atoms with van der Waals surface area (Å²) < 4.78 is 13.3. The molecule has 2 aliphatic heterocycles. The smallest absolute Gasteiger partial charge is 0.234 e. The summed E-state index contributed by atoms with van der Waals surface area (Å²) in [6, 6.07) is 0.178. The Morgan fingerprint density at radius 3 is 2.61 bits per heavy atom. The van der Waals surface area contributed by atoms with Crippen molar-refractivity contribution in [2.24, 2.45) is 11.8 Å². The van der Waals surface area contributed by atoms with Crippen LogP contribution < -0.4 is 0 Å². The normalized spacial score (nSPS) is 27.5. The summed E-state index contributed by atoms with van der Waals surface area (Å²) >= 11 is 7.08. The molecular weight excluding hydrogens is 406 g/mol. The van der Waals surface area contributed by atoms with Crippen LogP contribution >= 0.6 is 24.0 Å². The highest BCUT2D eigenvalue weighted by Gasteiger charge is 2.41. The molecule has 4 atom stereocenters. The van der Waals surface area contributed by atoms with Gasteiger partial charge in [0.05, 0.1) is 24.7 Å². The molecule has 0 N–H and O–H groups in total. The summed E-state index contributed by atoms with van der Waals surface area (Å²) in [5, 5.41) is 0.176. The Hall–Kier alpha value is -0.213. The highest BCUT2D eigenvalue weighted by molar-refractivity contribution is 8.23. The molecule has 1 fully saturated rings. The zero-order valence-corrected chi connectivity index (χ0v) is 21.3. The fraction of sp³-hybridized carbons (Fsp3) is 0.810. The second-order valence-corrected chi connectivity index (χ2v) is 16.3. The third-order valence-electron chi connectivity index (χ3n) is 6.31. The van der Waals surface area contributed by atoms with Crippen molar-refractivity contribution >= 4 is 42.5 Å². The third-order valence-corrected chi connectivity index (χ3v) is 12.3. The molecular formula is C21H37NO3S2Si. The predicted octanol–water partition coefficient (Wildman–Crippen LogP) is 5.24. The number of nitrogens with zero attached hydrogens (tertiary/aromatic N) is 1. The van der Waals surface area contributed by atoms with E-state index in [-0.39, 0.29) is 35.1 Å². The highest BCUT2D eigenvalue weighted by atomic mass is 32.2. The van der Waals surface area contributed by atoms with Crippen LogP contribution in [-0.2, 0) is 14.0 Å². The molecule has 160 valence electrons. The molecule has 0 spiro atoms. The summed E-state index contributed by atoms with van der Waals surface area (Å²) in [5.41, 5.74) is 0. The van der Waals surface area contributed by atoms with E-state index in [2.05, 4.69) is 53.8 Å². The minimum atomic E-state index is -1.81. The van der Waals surface area contributed by atoms with Gasteiger partial charge in [0.25, 0.3) is 0 Å². The van der Waals surface area contributed by atoms with E-state index in [0.29, 0.717) is 16.8 Å². The van der Waals surface area contributed by atoms with Gasteiger partial charge in [0, 0.05) is 11.8 Å². The number of ether oxygens (including phenoxy) is 1. The van der Waals surface area contributed by atoms with E-state index in [1.54, 1.807) is 11.8 Å². The van der Waals surface area contributed by atoms with E-state index in [9.17, 15) is 4.79 Å². The lowest BCUT2D eigenvalue weighted by Gasteiger charge is -2.38. The van der Waals surface area contributed by atoms with Crippen molar-refractivity contribution in [3.8, 4) is 0 Å². The fourth-order valence-corrected chi connectivity index (χ4v) is 5.81. The van der Waals surface area contributed by atoms with Gasteiger partial charge in [-0.15, -0.1) is 0 Å². The molecule has 1 amide bonds. The Kier molecular flexibility index (Phi) is 7.98. The number of carbonyl (C=O) groups excluding carboxylic acids is 1. The monoisotopic (exact) mass is 443 g/mol. The number of thioether (sulfide) groups is 1. The Morgan fingerprint density at radius 1 is 1.39 bits per heavy atom. The summed E-state index contributed by atoms with van der Waals surface area (Å²) in [5.74, 6) is 1.09. The van der Waals surface area contributed by atoms with Crippen LogP contribution in [0.2, 0.25) is 18.1 Å². The molecule has 7 heteroatoms. The van der Waals surface area contributed by atoms with Gasteiger partial charge in [-0.25, -0.2) is 0 Å². The van der Waals surface area contributed by atoms with Gasteiger partial charge in [-0.1, -0.05) is 77.7 Å². The van der Waals surface area contributed by atoms with Crippen molar-refractivity contribution in [3.05, 3.63) is 12.2 Å². The van der Waals surface area contributed by atoms with E-state index in [0.717, 1.165) is 12.2 Å². The highest BCUT2D eigenvalue weighted by Crippen LogP contribution is 2.37. The fourth-order valence-electron chi connectivity index (χ4n) is 3.14. The van der Waals surface area contributed by atoms with Gasteiger partial charge >= 0.3 is 0 Å². The van der Waals surface area contributed by atoms with Gasteiger partial charge in [-0.3, -0.25) is 9.69 Å². The molecule has 1 saturated heterocycles. The summed E-state index contributed by atoms with van der Waals surface area (Å²) in [7, 11) is -1.81. The molecule has 28 heavy (non-hydrogen) atoms. The average Bonchev–Trinajstić information content (AvgIpc) is 3.00. The Labute approximate surface area is 181 Å². The van der Waals surface area contributed by atoms with Crippen LogP contribution in [0.15, 0.2) is 12.2 Å². The first-order valence-corrected chi connectivity index (χ1v) is 14.6. The largest absolute Gasteiger partial charge is 0.414 e. The molecule has 0 aromatic heterocycles. The van der Waals surface area contributed by atoms with E-state index in [4.69, 9.17) is 21.4 Å². The number of rotatable bonds is 6. The molecule has 0 aliphatic carbocycles. The lowest BCUT2D eigenvalue weighted by molar-refractivity contribution is -0.139. The first-order valence-electron chi connectivity index (χ1n) is 10.3. The Bertz CT molecular complexity index is 615. The van der Waals surface area contributed by atoms with Crippen molar-refractivity contribution < 1.29 is 14.0 Å². The van der Waals surface area contributed by atoms with Crippen molar-refractivity contribution in [1.82, 2.24) is 4.90 Å². The van der Waals surface area contributed by atoms with Crippen LogP contribution in [0.5, 0.6) is 0 Å².